The molecule has 2 aromatic rings. The zero-order valence-corrected chi connectivity index (χ0v) is 8.58. The Morgan fingerprint density at radius 3 is 2.86 bits per heavy atom. The fourth-order valence-electron chi connectivity index (χ4n) is 1.56. The van der Waals surface area contributed by atoms with Crippen LogP contribution in [0.25, 0.3) is 10.9 Å². The Bertz CT molecular complexity index is 530. The lowest BCUT2D eigenvalue weighted by molar-refractivity contribution is 0.788. The summed E-state index contributed by atoms with van der Waals surface area (Å²) in [5, 5.41) is 1.28. The molecule has 72 valence electrons. The van der Waals surface area contributed by atoms with E-state index in [1.807, 2.05) is 17.6 Å². The van der Waals surface area contributed by atoms with E-state index in [2.05, 4.69) is 0 Å². The first-order chi connectivity index (χ1) is 6.72. The minimum absolute atomic E-state index is 0.0206. The van der Waals surface area contributed by atoms with Gasteiger partial charge in [-0.05, 0) is 25.1 Å². The molecule has 1 aromatic carbocycles. The fraction of sp³-hybridized carbons (Fsp3) is 0.182. The van der Waals surface area contributed by atoms with Crippen molar-refractivity contribution in [1.82, 2.24) is 4.57 Å². The number of nitrogens with zero attached hydrogens (tertiary/aromatic N) is 1. The molecule has 0 aliphatic heterocycles. The van der Waals surface area contributed by atoms with Gasteiger partial charge >= 0.3 is 0 Å². The van der Waals surface area contributed by atoms with Gasteiger partial charge in [-0.2, -0.15) is 0 Å². The van der Waals surface area contributed by atoms with Gasteiger partial charge in [-0.15, -0.1) is 0 Å². The van der Waals surface area contributed by atoms with Crippen LogP contribution in [0.15, 0.2) is 35.3 Å². The molecule has 0 fully saturated rings. The highest BCUT2D eigenvalue weighted by atomic mass is 35.5. The lowest BCUT2D eigenvalue weighted by atomic mass is 10.2. The Morgan fingerprint density at radius 1 is 1.36 bits per heavy atom. The average Bonchev–Trinajstić information content (AvgIpc) is 2.19. The van der Waals surface area contributed by atoms with Crippen LogP contribution in [0.2, 0.25) is 5.02 Å². The molecule has 0 atom stereocenters. The van der Waals surface area contributed by atoms with Crippen molar-refractivity contribution < 1.29 is 0 Å². The van der Waals surface area contributed by atoms with E-state index in [1.54, 1.807) is 24.4 Å². The standard InChI is InChI=1S/C11H10ClNO/c1-2-13-6-5-11(14)9-7-8(12)3-4-10(9)13/h3-7H,2H2,1H3. The number of pyridine rings is 1. The first kappa shape index (κ1) is 9.28. The van der Waals surface area contributed by atoms with Crippen LogP contribution in [0.5, 0.6) is 0 Å². The number of halogens is 1. The Labute approximate surface area is 86.7 Å². The Morgan fingerprint density at radius 2 is 2.14 bits per heavy atom. The molecule has 0 aliphatic rings. The molecule has 0 bridgehead atoms. The van der Waals surface area contributed by atoms with E-state index in [0.717, 1.165) is 12.1 Å². The van der Waals surface area contributed by atoms with Gasteiger partial charge in [0.2, 0.25) is 0 Å². The molecule has 0 amide bonds. The second-order valence-electron chi connectivity index (χ2n) is 3.13. The van der Waals surface area contributed by atoms with Crippen molar-refractivity contribution in [2.45, 2.75) is 13.5 Å². The number of rotatable bonds is 1. The quantitative estimate of drug-likeness (QED) is 0.705. The monoisotopic (exact) mass is 207 g/mol. The molecule has 0 saturated carbocycles. The number of aromatic nitrogens is 1. The van der Waals surface area contributed by atoms with Gasteiger partial charge in [0.1, 0.15) is 0 Å². The highest BCUT2D eigenvalue weighted by Gasteiger charge is 2.01. The van der Waals surface area contributed by atoms with Crippen molar-refractivity contribution in [1.29, 1.82) is 0 Å². The minimum Gasteiger partial charge on any atom is -0.348 e. The molecule has 14 heavy (non-hydrogen) atoms. The molecule has 0 unspecified atom stereocenters. The fourth-order valence-corrected chi connectivity index (χ4v) is 1.73. The van der Waals surface area contributed by atoms with Gasteiger partial charge in [-0.1, -0.05) is 11.6 Å². The molecule has 3 heteroatoms. The molecule has 0 saturated heterocycles. The van der Waals surface area contributed by atoms with Crippen LogP contribution in [0.4, 0.5) is 0 Å². The van der Waals surface area contributed by atoms with E-state index in [0.29, 0.717) is 10.4 Å². The molecule has 0 spiro atoms. The van der Waals surface area contributed by atoms with Crippen molar-refractivity contribution in [3.05, 3.63) is 45.7 Å². The third-order valence-corrected chi connectivity index (χ3v) is 2.52. The Balaban J connectivity index is 2.91. The highest BCUT2D eigenvalue weighted by molar-refractivity contribution is 6.31. The summed E-state index contributed by atoms with van der Waals surface area (Å²) in [6.07, 6.45) is 1.80. The summed E-state index contributed by atoms with van der Waals surface area (Å²) in [4.78, 5) is 11.5. The number of benzene rings is 1. The highest BCUT2D eigenvalue weighted by Crippen LogP contribution is 2.16. The molecular weight excluding hydrogens is 198 g/mol. The summed E-state index contributed by atoms with van der Waals surface area (Å²) >= 11 is 5.84. The van der Waals surface area contributed by atoms with E-state index in [4.69, 9.17) is 11.6 Å². The van der Waals surface area contributed by atoms with Crippen molar-refractivity contribution in [2.75, 3.05) is 0 Å². The van der Waals surface area contributed by atoms with Gasteiger partial charge in [-0.25, -0.2) is 0 Å². The van der Waals surface area contributed by atoms with Gasteiger partial charge in [-0.3, -0.25) is 4.79 Å². The van der Waals surface area contributed by atoms with Gasteiger partial charge in [0.05, 0.1) is 5.52 Å². The van der Waals surface area contributed by atoms with Crippen LogP contribution >= 0.6 is 11.6 Å². The molecule has 0 radical (unpaired) electrons. The zero-order chi connectivity index (χ0) is 10.1. The predicted octanol–water partition coefficient (Wildman–Crippen LogP) is 2.67. The summed E-state index contributed by atoms with van der Waals surface area (Å²) in [6.45, 7) is 2.89. The smallest absolute Gasteiger partial charge is 0.189 e. The van der Waals surface area contributed by atoms with Crippen LogP contribution in [0.3, 0.4) is 0 Å². The summed E-state index contributed by atoms with van der Waals surface area (Å²) in [5.74, 6) is 0. The molecule has 2 rings (SSSR count). The van der Waals surface area contributed by atoms with Crippen LogP contribution in [-0.2, 0) is 6.54 Å². The summed E-state index contributed by atoms with van der Waals surface area (Å²) in [5.41, 5.74) is 0.955. The van der Waals surface area contributed by atoms with Crippen molar-refractivity contribution in [3.8, 4) is 0 Å². The average molecular weight is 208 g/mol. The lowest BCUT2D eigenvalue weighted by Crippen LogP contribution is -2.06. The first-order valence-corrected chi connectivity index (χ1v) is 4.89. The van der Waals surface area contributed by atoms with Gasteiger partial charge in [0, 0.05) is 29.2 Å². The number of aryl methyl sites for hydroxylation is 1. The third-order valence-electron chi connectivity index (χ3n) is 2.28. The molecule has 1 aromatic heterocycles. The normalized spacial score (nSPS) is 10.7. The molecular formula is C11H10ClNO. The second kappa shape index (κ2) is 3.46. The third kappa shape index (κ3) is 1.42. The summed E-state index contributed by atoms with van der Waals surface area (Å²) in [6, 6.07) is 6.96. The van der Waals surface area contributed by atoms with Crippen LogP contribution in [-0.4, -0.2) is 4.57 Å². The summed E-state index contributed by atoms with van der Waals surface area (Å²) < 4.78 is 2.02. The van der Waals surface area contributed by atoms with E-state index in [9.17, 15) is 4.79 Å². The van der Waals surface area contributed by atoms with Crippen LogP contribution < -0.4 is 5.43 Å². The van der Waals surface area contributed by atoms with E-state index < -0.39 is 0 Å². The maximum absolute atomic E-state index is 11.5. The van der Waals surface area contributed by atoms with Crippen LogP contribution in [0.1, 0.15) is 6.92 Å². The zero-order valence-electron chi connectivity index (χ0n) is 7.83. The minimum atomic E-state index is 0.0206. The predicted molar refractivity (Wildman–Crippen MR) is 58.9 cm³/mol. The lowest BCUT2D eigenvalue weighted by Gasteiger charge is -2.07. The summed E-state index contributed by atoms with van der Waals surface area (Å²) in [7, 11) is 0. The number of hydrogen-bond acceptors (Lipinski definition) is 1. The van der Waals surface area contributed by atoms with Crippen molar-refractivity contribution in [3.63, 3.8) is 0 Å². The first-order valence-electron chi connectivity index (χ1n) is 4.51. The molecule has 0 aliphatic carbocycles. The van der Waals surface area contributed by atoms with E-state index in [1.165, 1.54) is 0 Å². The Hall–Kier alpha value is -1.28. The van der Waals surface area contributed by atoms with Crippen molar-refractivity contribution >= 4 is 22.5 Å². The second-order valence-corrected chi connectivity index (χ2v) is 3.56. The van der Waals surface area contributed by atoms with Crippen LogP contribution in [0, 0.1) is 0 Å². The van der Waals surface area contributed by atoms with E-state index >= 15 is 0 Å². The number of fused-ring (bicyclic) bond motifs is 1. The van der Waals surface area contributed by atoms with Gasteiger partial charge in [0.25, 0.3) is 0 Å². The number of hydrogen-bond donors (Lipinski definition) is 0. The topological polar surface area (TPSA) is 22.0 Å². The SMILES string of the molecule is CCn1ccc(=O)c2cc(Cl)ccc21. The van der Waals surface area contributed by atoms with Gasteiger partial charge < -0.3 is 4.57 Å². The molecule has 2 nitrogen and oxygen atoms in total. The largest absolute Gasteiger partial charge is 0.348 e. The Kier molecular flexibility index (Phi) is 2.30. The van der Waals surface area contributed by atoms with E-state index in [-0.39, 0.29) is 5.43 Å². The maximum atomic E-state index is 11.5. The molecule has 0 N–H and O–H groups in total. The molecule has 1 heterocycles. The van der Waals surface area contributed by atoms with Crippen molar-refractivity contribution in [2.24, 2.45) is 0 Å². The van der Waals surface area contributed by atoms with Gasteiger partial charge in [0.15, 0.2) is 5.43 Å². The maximum Gasteiger partial charge on any atom is 0.189 e.